The van der Waals surface area contributed by atoms with Gasteiger partial charge in [0, 0.05) is 19.7 Å². The molecule has 0 unspecified atom stereocenters. The molecule has 0 amide bonds. The minimum atomic E-state index is -0.686. The van der Waals surface area contributed by atoms with Crippen LogP contribution in [0.2, 0.25) is 0 Å². The largest absolute Gasteiger partial charge is 0.481 e. The minimum absolute atomic E-state index is 0.523. The Hall–Kier alpha value is -1.45. The molecule has 0 radical (unpaired) electrons. The molecule has 0 aliphatic heterocycles. The Morgan fingerprint density at radius 1 is 1.56 bits per heavy atom. The van der Waals surface area contributed by atoms with Gasteiger partial charge in [-0.1, -0.05) is 6.42 Å². The number of carboxylic acid groups (broad SMARTS) is 1. The molecule has 1 saturated carbocycles. The van der Waals surface area contributed by atoms with Crippen molar-refractivity contribution in [2.24, 2.45) is 5.41 Å². The van der Waals surface area contributed by atoms with Crippen molar-refractivity contribution in [1.82, 2.24) is 0 Å². The minimum Gasteiger partial charge on any atom is -0.481 e. The third kappa shape index (κ3) is 1.79. The van der Waals surface area contributed by atoms with Crippen LogP contribution in [0.5, 0.6) is 0 Å². The second kappa shape index (κ2) is 3.85. The molecule has 1 aliphatic carbocycles. The van der Waals surface area contributed by atoms with Crippen molar-refractivity contribution in [2.45, 2.75) is 26.2 Å². The molecule has 1 N–H and O–H groups in total. The van der Waals surface area contributed by atoms with Gasteiger partial charge in [0.1, 0.15) is 5.76 Å². The standard InChI is InChI=1S/C12H17NO3/c1-9-4-5-10(16-9)13(2)8-12(11(14)15)6-3-7-12/h4-5H,3,6-8H2,1-2H3,(H,14,15). The highest BCUT2D eigenvalue weighted by atomic mass is 16.4. The van der Waals surface area contributed by atoms with E-state index >= 15 is 0 Å². The van der Waals surface area contributed by atoms with Crippen LogP contribution in [0.1, 0.15) is 25.0 Å². The monoisotopic (exact) mass is 223 g/mol. The Morgan fingerprint density at radius 3 is 2.62 bits per heavy atom. The molecule has 88 valence electrons. The summed E-state index contributed by atoms with van der Waals surface area (Å²) >= 11 is 0. The molecule has 1 aromatic heterocycles. The van der Waals surface area contributed by atoms with E-state index in [4.69, 9.17) is 4.42 Å². The zero-order chi connectivity index (χ0) is 11.8. The van der Waals surface area contributed by atoms with Gasteiger partial charge in [0.2, 0.25) is 0 Å². The van der Waals surface area contributed by atoms with Gasteiger partial charge in [0.15, 0.2) is 5.88 Å². The van der Waals surface area contributed by atoms with E-state index in [2.05, 4.69) is 0 Å². The number of hydrogen-bond acceptors (Lipinski definition) is 3. The van der Waals surface area contributed by atoms with Gasteiger partial charge in [-0.15, -0.1) is 0 Å². The van der Waals surface area contributed by atoms with Crippen LogP contribution in [0.15, 0.2) is 16.5 Å². The summed E-state index contributed by atoms with van der Waals surface area (Å²) in [6.45, 7) is 2.41. The highest BCUT2D eigenvalue weighted by molar-refractivity contribution is 5.76. The van der Waals surface area contributed by atoms with Crippen molar-refractivity contribution in [3.8, 4) is 0 Å². The number of nitrogens with zero attached hydrogens (tertiary/aromatic N) is 1. The lowest BCUT2D eigenvalue weighted by molar-refractivity contribution is -0.153. The number of aryl methyl sites for hydroxylation is 1. The maximum absolute atomic E-state index is 11.2. The lowest BCUT2D eigenvalue weighted by Crippen LogP contribution is -2.46. The van der Waals surface area contributed by atoms with E-state index in [1.54, 1.807) is 0 Å². The molecule has 0 atom stereocenters. The van der Waals surface area contributed by atoms with Gasteiger partial charge in [-0.3, -0.25) is 4.79 Å². The molecule has 1 aliphatic rings. The summed E-state index contributed by atoms with van der Waals surface area (Å²) in [5.41, 5.74) is -0.560. The lowest BCUT2D eigenvalue weighted by atomic mass is 9.68. The summed E-state index contributed by atoms with van der Waals surface area (Å²) < 4.78 is 5.47. The Bertz CT molecular complexity index is 393. The molecule has 4 heteroatoms. The van der Waals surface area contributed by atoms with Gasteiger partial charge >= 0.3 is 5.97 Å². The van der Waals surface area contributed by atoms with E-state index < -0.39 is 11.4 Å². The average molecular weight is 223 g/mol. The van der Waals surface area contributed by atoms with Gasteiger partial charge in [-0.05, 0) is 25.8 Å². The van der Waals surface area contributed by atoms with Crippen LogP contribution in [0.25, 0.3) is 0 Å². The summed E-state index contributed by atoms with van der Waals surface area (Å²) in [5, 5.41) is 9.23. The molecule has 0 bridgehead atoms. The van der Waals surface area contributed by atoms with Gasteiger partial charge in [-0.25, -0.2) is 0 Å². The van der Waals surface area contributed by atoms with E-state index in [0.29, 0.717) is 6.54 Å². The van der Waals surface area contributed by atoms with Gasteiger partial charge in [0.25, 0.3) is 0 Å². The van der Waals surface area contributed by atoms with Crippen LogP contribution in [-0.4, -0.2) is 24.7 Å². The maximum atomic E-state index is 11.2. The number of carboxylic acids is 1. The fourth-order valence-electron chi connectivity index (χ4n) is 2.20. The van der Waals surface area contributed by atoms with Gasteiger partial charge in [0.05, 0.1) is 5.41 Å². The fourth-order valence-corrected chi connectivity index (χ4v) is 2.20. The molecule has 16 heavy (non-hydrogen) atoms. The zero-order valence-corrected chi connectivity index (χ0v) is 9.69. The first-order valence-corrected chi connectivity index (χ1v) is 5.54. The van der Waals surface area contributed by atoms with Crippen molar-refractivity contribution in [2.75, 3.05) is 18.5 Å². The van der Waals surface area contributed by atoms with Crippen molar-refractivity contribution in [1.29, 1.82) is 0 Å². The van der Waals surface area contributed by atoms with Crippen molar-refractivity contribution < 1.29 is 14.3 Å². The quantitative estimate of drug-likeness (QED) is 0.850. The predicted octanol–water partition coefficient (Wildman–Crippen LogP) is 2.28. The SMILES string of the molecule is Cc1ccc(N(C)CC2(C(=O)O)CCC2)o1. The summed E-state index contributed by atoms with van der Waals surface area (Å²) in [4.78, 5) is 13.1. The third-order valence-electron chi connectivity index (χ3n) is 3.41. The number of anilines is 1. The first-order valence-electron chi connectivity index (χ1n) is 5.54. The van der Waals surface area contributed by atoms with E-state index in [1.807, 2.05) is 31.0 Å². The Balaban J connectivity index is 2.06. The van der Waals surface area contributed by atoms with Crippen LogP contribution in [-0.2, 0) is 4.79 Å². The molecule has 1 fully saturated rings. The van der Waals surface area contributed by atoms with Crippen molar-refractivity contribution in [3.05, 3.63) is 17.9 Å². The molecule has 0 saturated heterocycles. The number of carbonyl (C=O) groups is 1. The van der Waals surface area contributed by atoms with Crippen LogP contribution >= 0.6 is 0 Å². The fraction of sp³-hybridized carbons (Fsp3) is 0.583. The summed E-state index contributed by atoms with van der Waals surface area (Å²) in [6, 6.07) is 3.77. The maximum Gasteiger partial charge on any atom is 0.311 e. The zero-order valence-electron chi connectivity index (χ0n) is 9.69. The number of hydrogen-bond donors (Lipinski definition) is 1. The Kier molecular flexibility index (Phi) is 2.66. The van der Waals surface area contributed by atoms with E-state index in [-0.39, 0.29) is 0 Å². The predicted molar refractivity (Wildman–Crippen MR) is 60.6 cm³/mol. The van der Waals surface area contributed by atoms with Crippen molar-refractivity contribution in [3.63, 3.8) is 0 Å². The average Bonchev–Trinajstić information content (AvgIpc) is 2.57. The first kappa shape index (κ1) is 11.0. The molecule has 1 heterocycles. The Labute approximate surface area is 94.9 Å². The van der Waals surface area contributed by atoms with E-state index in [0.717, 1.165) is 30.9 Å². The lowest BCUT2D eigenvalue weighted by Gasteiger charge is -2.40. The topological polar surface area (TPSA) is 53.7 Å². The summed E-state index contributed by atoms with van der Waals surface area (Å²) in [7, 11) is 1.88. The molecular weight excluding hydrogens is 206 g/mol. The number of aliphatic carboxylic acids is 1. The first-order chi connectivity index (χ1) is 7.53. The molecule has 1 aromatic rings. The molecule has 0 spiro atoms. The van der Waals surface area contributed by atoms with E-state index in [9.17, 15) is 9.90 Å². The highest BCUT2D eigenvalue weighted by Gasteiger charge is 2.45. The Morgan fingerprint density at radius 2 is 2.25 bits per heavy atom. The van der Waals surface area contributed by atoms with Gasteiger partial charge < -0.3 is 14.4 Å². The number of furan rings is 1. The van der Waals surface area contributed by atoms with Crippen LogP contribution < -0.4 is 4.90 Å². The summed E-state index contributed by atoms with van der Waals surface area (Å²) in [6.07, 6.45) is 2.55. The smallest absolute Gasteiger partial charge is 0.311 e. The van der Waals surface area contributed by atoms with E-state index in [1.165, 1.54) is 0 Å². The van der Waals surface area contributed by atoms with Crippen LogP contribution in [0.3, 0.4) is 0 Å². The van der Waals surface area contributed by atoms with Gasteiger partial charge in [-0.2, -0.15) is 0 Å². The summed E-state index contributed by atoms with van der Waals surface area (Å²) in [5.74, 6) is 0.902. The van der Waals surface area contributed by atoms with Crippen molar-refractivity contribution >= 4 is 11.9 Å². The highest BCUT2D eigenvalue weighted by Crippen LogP contribution is 2.42. The molecule has 4 nitrogen and oxygen atoms in total. The van der Waals surface area contributed by atoms with Crippen LogP contribution in [0, 0.1) is 12.3 Å². The van der Waals surface area contributed by atoms with Crippen LogP contribution in [0.4, 0.5) is 5.88 Å². The number of rotatable bonds is 4. The molecule has 2 rings (SSSR count). The normalized spacial score (nSPS) is 17.9. The third-order valence-corrected chi connectivity index (χ3v) is 3.41. The molecular formula is C12H17NO3. The second-order valence-electron chi connectivity index (χ2n) is 4.68. The molecule has 0 aromatic carbocycles. The second-order valence-corrected chi connectivity index (χ2v) is 4.68.